The molecule has 1 N–H and O–H groups in total. The third-order valence-electron chi connectivity index (χ3n) is 7.15. The molecule has 2 fully saturated rings. The van der Waals surface area contributed by atoms with Crippen LogP contribution >= 0.6 is 0 Å². The zero-order valence-electron chi connectivity index (χ0n) is 21.8. The zero-order chi connectivity index (χ0) is 25.9. The van der Waals surface area contributed by atoms with Crippen LogP contribution in [0, 0.1) is 12.8 Å². The number of Topliss-reactive ketones (excluding diaryl/α,β-unsaturated/α-hetero) is 1. The van der Waals surface area contributed by atoms with Crippen LogP contribution in [0.2, 0.25) is 0 Å². The molecular formula is C29H38N2O5. The van der Waals surface area contributed by atoms with E-state index in [1.165, 1.54) is 0 Å². The molecule has 0 radical (unpaired) electrons. The molecule has 1 aliphatic carbocycles. The lowest BCUT2D eigenvalue weighted by atomic mass is 9.83. The lowest BCUT2D eigenvalue weighted by molar-refractivity contribution is -0.138. The van der Waals surface area contributed by atoms with Gasteiger partial charge in [-0.15, -0.1) is 0 Å². The molecule has 3 atom stereocenters. The van der Waals surface area contributed by atoms with Gasteiger partial charge in [-0.05, 0) is 71.4 Å². The van der Waals surface area contributed by atoms with Crippen molar-refractivity contribution in [3.8, 4) is 0 Å². The van der Waals surface area contributed by atoms with Gasteiger partial charge in [-0.2, -0.15) is 0 Å². The first kappa shape index (κ1) is 26.0. The highest BCUT2D eigenvalue weighted by molar-refractivity contribution is 6.03. The van der Waals surface area contributed by atoms with Gasteiger partial charge in [0, 0.05) is 5.56 Å². The Kier molecular flexibility index (Phi) is 7.86. The summed E-state index contributed by atoms with van der Waals surface area (Å²) in [6.45, 7) is 7.27. The van der Waals surface area contributed by atoms with Gasteiger partial charge in [-0.25, -0.2) is 4.79 Å². The fourth-order valence-electron chi connectivity index (χ4n) is 5.53. The van der Waals surface area contributed by atoms with Crippen molar-refractivity contribution in [3.05, 3.63) is 59.5 Å². The summed E-state index contributed by atoms with van der Waals surface area (Å²) in [7, 11) is 0. The molecular weight excluding hydrogens is 456 g/mol. The Labute approximate surface area is 213 Å². The Balaban J connectivity index is 1.68. The summed E-state index contributed by atoms with van der Waals surface area (Å²) in [6, 6.07) is 11.1. The number of hydrogen-bond acceptors (Lipinski definition) is 5. The van der Waals surface area contributed by atoms with Crippen molar-refractivity contribution in [2.45, 2.75) is 96.4 Å². The molecule has 7 heteroatoms. The van der Waals surface area contributed by atoms with Crippen LogP contribution in [0.4, 0.5) is 4.79 Å². The molecule has 1 aliphatic heterocycles. The van der Waals surface area contributed by atoms with Crippen molar-refractivity contribution in [3.63, 3.8) is 0 Å². The molecule has 0 bridgehead atoms. The number of hydrogen-bond donors (Lipinski definition) is 1. The van der Waals surface area contributed by atoms with Gasteiger partial charge in [-0.1, -0.05) is 49.6 Å². The molecule has 1 aromatic carbocycles. The van der Waals surface area contributed by atoms with Gasteiger partial charge in [0.15, 0.2) is 5.78 Å². The average molecular weight is 495 g/mol. The molecule has 36 heavy (non-hydrogen) atoms. The maximum Gasteiger partial charge on any atom is 0.408 e. The number of likely N-dealkylation sites (tertiary alicyclic amines) is 1. The van der Waals surface area contributed by atoms with Gasteiger partial charge < -0.3 is 19.4 Å². The predicted octanol–water partition coefficient (Wildman–Crippen LogP) is 5.98. The van der Waals surface area contributed by atoms with E-state index in [2.05, 4.69) is 5.32 Å². The fourth-order valence-corrected chi connectivity index (χ4v) is 5.53. The van der Waals surface area contributed by atoms with Crippen molar-refractivity contribution < 1.29 is 23.5 Å². The molecule has 1 saturated carbocycles. The number of nitrogens with zero attached hydrogens (tertiary/aromatic N) is 1. The van der Waals surface area contributed by atoms with Gasteiger partial charge in [-0.3, -0.25) is 9.59 Å². The Morgan fingerprint density at radius 1 is 0.972 bits per heavy atom. The number of carbonyl (C=O) groups excluding carboxylic acids is 3. The Morgan fingerprint density at radius 3 is 2.28 bits per heavy atom. The van der Waals surface area contributed by atoms with Gasteiger partial charge in [0.05, 0.1) is 12.1 Å². The maximum absolute atomic E-state index is 14.3. The van der Waals surface area contributed by atoms with Gasteiger partial charge in [0.25, 0.3) is 0 Å². The van der Waals surface area contributed by atoms with Gasteiger partial charge >= 0.3 is 6.09 Å². The number of ether oxygens (including phenoxy) is 1. The number of alkyl carbamates (subject to hydrolysis) is 1. The zero-order valence-corrected chi connectivity index (χ0v) is 21.8. The maximum atomic E-state index is 14.3. The topological polar surface area (TPSA) is 88.9 Å². The Hall–Kier alpha value is -3.09. The van der Waals surface area contributed by atoms with E-state index >= 15 is 0 Å². The van der Waals surface area contributed by atoms with Crippen LogP contribution < -0.4 is 5.32 Å². The van der Waals surface area contributed by atoms with Crippen LogP contribution in [0.1, 0.15) is 93.6 Å². The first-order valence-corrected chi connectivity index (χ1v) is 13.1. The van der Waals surface area contributed by atoms with E-state index in [1.807, 2.05) is 37.3 Å². The van der Waals surface area contributed by atoms with Gasteiger partial charge in [0.2, 0.25) is 5.91 Å². The lowest BCUT2D eigenvalue weighted by Crippen LogP contribution is -2.56. The molecule has 2 aromatic rings. The number of ketones is 1. The molecule has 0 spiro atoms. The average Bonchev–Trinajstić information content (AvgIpc) is 3.48. The minimum atomic E-state index is -0.761. The van der Waals surface area contributed by atoms with Crippen LogP contribution in [0.15, 0.2) is 46.9 Å². The van der Waals surface area contributed by atoms with Crippen molar-refractivity contribution in [2.75, 3.05) is 0 Å². The molecule has 1 aromatic heterocycles. The quantitative estimate of drug-likeness (QED) is 0.499. The second-order valence-electron chi connectivity index (χ2n) is 11.1. The standard InChI is InChI=1S/C29H38N2O5/c1-19-15-18-24(35-19)22-16-17-23(26(32)21-13-9-6-10-14-21)31(22)27(33)25(20-11-7-5-8-12-20)30-28(34)36-29(2,3)4/h6,9-10,13-15,18,20,22-23,25H,5,7-8,11-12,16-17H2,1-4H3,(H,30,34)/t22-,23+,25+/m1/s1. The highest BCUT2D eigenvalue weighted by Crippen LogP contribution is 2.40. The minimum Gasteiger partial charge on any atom is -0.464 e. The van der Waals surface area contributed by atoms with Crippen LogP contribution in [-0.2, 0) is 9.53 Å². The number of carbonyl (C=O) groups is 3. The highest BCUT2D eigenvalue weighted by atomic mass is 16.6. The number of benzene rings is 1. The lowest BCUT2D eigenvalue weighted by Gasteiger charge is -2.37. The van der Waals surface area contributed by atoms with E-state index in [9.17, 15) is 14.4 Å². The van der Waals surface area contributed by atoms with E-state index in [1.54, 1.807) is 37.8 Å². The summed E-state index contributed by atoms with van der Waals surface area (Å²) in [4.78, 5) is 42.5. The molecule has 194 valence electrons. The molecule has 2 amide bonds. The fraction of sp³-hybridized carbons (Fsp3) is 0.552. The van der Waals surface area contributed by atoms with Crippen molar-refractivity contribution in [2.24, 2.45) is 5.92 Å². The van der Waals surface area contributed by atoms with Crippen molar-refractivity contribution in [1.82, 2.24) is 10.2 Å². The second-order valence-corrected chi connectivity index (χ2v) is 11.1. The van der Waals surface area contributed by atoms with Crippen LogP contribution in [0.25, 0.3) is 0 Å². The highest BCUT2D eigenvalue weighted by Gasteiger charge is 2.47. The summed E-state index contributed by atoms with van der Waals surface area (Å²) >= 11 is 0. The van der Waals surface area contributed by atoms with E-state index in [0.29, 0.717) is 24.2 Å². The Morgan fingerprint density at radius 2 is 1.67 bits per heavy atom. The third-order valence-corrected chi connectivity index (χ3v) is 7.15. The molecule has 2 aliphatic rings. The normalized spacial score (nSPS) is 21.7. The first-order chi connectivity index (χ1) is 17.1. The summed E-state index contributed by atoms with van der Waals surface area (Å²) in [6.07, 6.45) is 5.39. The number of nitrogens with one attached hydrogen (secondary N) is 1. The minimum absolute atomic E-state index is 0.00849. The summed E-state index contributed by atoms with van der Waals surface area (Å²) in [5.41, 5.74) is -0.108. The monoisotopic (exact) mass is 494 g/mol. The van der Waals surface area contributed by atoms with Crippen LogP contribution in [0.5, 0.6) is 0 Å². The summed E-state index contributed by atoms with van der Waals surface area (Å²) in [5, 5.41) is 2.90. The van der Waals surface area contributed by atoms with Crippen molar-refractivity contribution in [1.29, 1.82) is 0 Å². The van der Waals surface area contributed by atoms with Crippen LogP contribution in [0.3, 0.4) is 0 Å². The van der Waals surface area contributed by atoms with Gasteiger partial charge in [0.1, 0.15) is 23.2 Å². The second kappa shape index (κ2) is 10.9. The predicted molar refractivity (Wildman–Crippen MR) is 137 cm³/mol. The van der Waals surface area contributed by atoms with E-state index < -0.39 is 23.8 Å². The number of aryl methyl sites for hydroxylation is 1. The van der Waals surface area contributed by atoms with E-state index in [0.717, 1.165) is 37.9 Å². The SMILES string of the molecule is Cc1ccc([C@H]2CC[C@@H](C(=O)c3ccccc3)N2C(=O)[C@@H](NC(=O)OC(C)(C)C)C2CCCCC2)o1. The molecule has 1 saturated heterocycles. The number of amides is 2. The van der Waals surface area contributed by atoms with Crippen LogP contribution in [-0.4, -0.2) is 40.4 Å². The summed E-state index contributed by atoms with van der Waals surface area (Å²) in [5.74, 6) is 1.09. The molecule has 0 unspecified atom stereocenters. The third kappa shape index (κ3) is 6.00. The Bertz CT molecular complexity index is 1060. The first-order valence-electron chi connectivity index (χ1n) is 13.1. The smallest absolute Gasteiger partial charge is 0.408 e. The van der Waals surface area contributed by atoms with E-state index in [-0.39, 0.29) is 23.7 Å². The molecule has 7 nitrogen and oxygen atoms in total. The number of furan rings is 1. The summed E-state index contributed by atoms with van der Waals surface area (Å²) < 4.78 is 11.5. The largest absolute Gasteiger partial charge is 0.464 e. The van der Waals surface area contributed by atoms with Crippen molar-refractivity contribution >= 4 is 17.8 Å². The van der Waals surface area contributed by atoms with E-state index in [4.69, 9.17) is 9.15 Å². The number of rotatable bonds is 6. The molecule has 2 heterocycles. The molecule has 4 rings (SSSR count).